The Labute approximate surface area is 157 Å². The van der Waals surface area contributed by atoms with Gasteiger partial charge in [-0.2, -0.15) is 0 Å². The molecule has 0 aliphatic rings. The van der Waals surface area contributed by atoms with Gasteiger partial charge in [-0.3, -0.25) is 4.79 Å². The van der Waals surface area contributed by atoms with Crippen LogP contribution in [0.15, 0.2) is 53.9 Å². The van der Waals surface area contributed by atoms with Crippen molar-refractivity contribution in [3.63, 3.8) is 0 Å². The Kier molecular flexibility index (Phi) is 4.48. The molecule has 0 saturated heterocycles. The molecule has 0 radical (unpaired) electrons. The minimum absolute atomic E-state index is 0.130. The quantitative estimate of drug-likeness (QED) is 0.521. The minimum Gasteiger partial charge on any atom is -0.302 e. The molecular formula is C18H12ClN3OS2. The van der Waals surface area contributed by atoms with Gasteiger partial charge in [-0.05, 0) is 18.2 Å². The van der Waals surface area contributed by atoms with E-state index in [0.717, 1.165) is 26.5 Å². The number of aromatic nitrogens is 2. The molecule has 0 aliphatic carbocycles. The van der Waals surface area contributed by atoms with Crippen LogP contribution in [-0.2, 0) is 11.2 Å². The van der Waals surface area contributed by atoms with E-state index in [4.69, 9.17) is 11.6 Å². The van der Waals surface area contributed by atoms with E-state index >= 15 is 0 Å². The maximum atomic E-state index is 12.3. The van der Waals surface area contributed by atoms with E-state index in [-0.39, 0.29) is 12.3 Å². The number of hydrogen-bond donors (Lipinski definition) is 1. The second-order valence-electron chi connectivity index (χ2n) is 5.37. The van der Waals surface area contributed by atoms with E-state index in [1.807, 2.05) is 47.8 Å². The van der Waals surface area contributed by atoms with Crippen molar-refractivity contribution in [2.75, 3.05) is 5.32 Å². The zero-order chi connectivity index (χ0) is 17.2. The molecule has 2 heterocycles. The Morgan fingerprint density at radius 3 is 2.80 bits per heavy atom. The number of carbonyl (C=O) groups is 1. The van der Waals surface area contributed by atoms with Gasteiger partial charge in [0.05, 0.1) is 22.3 Å². The largest absolute Gasteiger partial charge is 0.302 e. The van der Waals surface area contributed by atoms with Gasteiger partial charge >= 0.3 is 0 Å². The first-order valence-electron chi connectivity index (χ1n) is 7.53. The zero-order valence-corrected chi connectivity index (χ0v) is 15.3. The molecule has 0 atom stereocenters. The van der Waals surface area contributed by atoms with Crippen molar-refractivity contribution >= 4 is 55.5 Å². The summed E-state index contributed by atoms with van der Waals surface area (Å²) in [6.07, 6.45) is 0.222. The van der Waals surface area contributed by atoms with Crippen molar-refractivity contribution in [1.29, 1.82) is 0 Å². The standard InChI is InChI=1S/C18H12ClN3OS2/c19-12-6-7-14-15(8-12)25-18(21-14)22-16(23)9-13-10-24-17(20-13)11-4-2-1-3-5-11/h1-8,10H,9H2,(H,21,22,23). The van der Waals surface area contributed by atoms with E-state index in [0.29, 0.717) is 10.2 Å². The molecule has 2 aromatic carbocycles. The third-order valence-electron chi connectivity index (χ3n) is 3.51. The predicted molar refractivity (Wildman–Crippen MR) is 105 cm³/mol. The maximum absolute atomic E-state index is 12.3. The van der Waals surface area contributed by atoms with Crippen LogP contribution in [-0.4, -0.2) is 15.9 Å². The fourth-order valence-electron chi connectivity index (χ4n) is 2.38. The Morgan fingerprint density at radius 1 is 1.12 bits per heavy atom. The monoisotopic (exact) mass is 385 g/mol. The second kappa shape index (κ2) is 6.92. The molecule has 0 spiro atoms. The van der Waals surface area contributed by atoms with Crippen molar-refractivity contribution in [3.05, 3.63) is 64.6 Å². The van der Waals surface area contributed by atoms with Crippen LogP contribution in [0.1, 0.15) is 5.69 Å². The molecule has 0 bridgehead atoms. The normalized spacial score (nSPS) is 10.9. The first kappa shape index (κ1) is 16.2. The van der Waals surface area contributed by atoms with E-state index < -0.39 is 0 Å². The number of hydrogen-bond acceptors (Lipinski definition) is 5. The fraction of sp³-hybridized carbons (Fsp3) is 0.0556. The van der Waals surface area contributed by atoms with Crippen LogP contribution in [0.4, 0.5) is 5.13 Å². The van der Waals surface area contributed by atoms with Crippen LogP contribution in [0, 0.1) is 0 Å². The number of thiazole rings is 2. The molecule has 0 saturated carbocycles. The lowest BCUT2D eigenvalue weighted by molar-refractivity contribution is -0.115. The number of carbonyl (C=O) groups excluding carboxylic acids is 1. The van der Waals surface area contributed by atoms with E-state index in [1.165, 1.54) is 22.7 Å². The Morgan fingerprint density at radius 2 is 1.96 bits per heavy atom. The third-order valence-corrected chi connectivity index (χ3v) is 5.62. The summed E-state index contributed by atoms with van der Waals surface area (Å²) in [6.45, 7) is 0. The van der Waals surface area contributed by atoms with Crippen LogP contribution in [0.25, 0.3) is 20.8 Å². The number of nitrogens with zero attached hydrogens (tertiary/aromatic N) is 2. The SMILES string of the molecule is O=C(Cc1csc(-c2ccccc2)n1)Nc1nc2ccc(Cl)cc2s1. The number of halogens is 1. The van der Waals surface area contributed by atoms with Gasteiger partial charge in [0, 0.05) is 16.0 Å². The van der Waals surface area contributed by atoms with Crippen LogP contribution in [0.2, 0.25) is 5.02 Å². The lowest BCUT2D eigenvalue weighted by Gasteiger charge is -1.99. The van der Waals surface area contributed by atoms with Crippen LogP contribution in [0.3, 0.4) is 0 Å². The molecule has 1 amide bonds. The fourth-order valence-corrected chi connectivity index (χ4v) is 4.37. The number of anilines is 1. The second-order valence-corrected chi connectivity index (χ2v) is 7.69. The number of rotatable bonds is 4. The lowest BCUT2D eigenvalue weighted by atomic mass is 10.2. The van der Waals surface area contributed by atoms with Gasteiger partial charge in [0.2, 0.25) is 5.91 Å². The molecule has 1 N–H and O–H groups in total. The summed E-state index contributed by atoms with van der Waals surface area (Å²) in [5.74, 6) is -0.130. The molecular weight excluding hydrogens is 374 g/mol. The van der Waals surface area contributed by atoms with E-state index in [2.05, 4.69) is 15.3 Å². The Bertz CT molecular complexity index is 1040. The average Bonchev–Trinajstić information content (AvgIpc) is 3.21. The molecule has 7 heteroatoms. The van der Waals surface area contributed by atoms with Gasteiger partial charge in [0.1, 0.15) is 5.01 Å². The predicted octanol–water partition coefficient (Wildman–Crippen LogP) is 5.25. The van der Waals surface area contributed by atoms with Crippen LogP contribution < -0.4 is 5.32 Å². The highest BCUT2D eigenvalue weighted by molar-refractivity contribution is 7.22. The first-order valence-corrected chi connectivity index (χ1v) is 9.60. The molecule has 4 nitrogen and oxygen atoms in total. The maximum Gasteiger partial charge on any atom is 0.232 e. The summed E-state index contributed by atoms with van der Waals surface area (Å²) in [5, 5.41) is 6.90. The zero-order valence-electron chi connectivity index (χ0n) is 12.9. The Hall–Kier alpha value is -2.28. The summed E-state index contributed by atoms with van der Waals surface area (Å²) in [5.41, 5.74) is 2.64. The number of benzene rings is 2. The highest BCUT2D eigenvalue weighted by atomic mass is 35.5. The molecule has 124 valence electrons. The van der Waals surface area contributed by atoms with E-state index in [1.54, 1.807) is 6.07 Å². The Balaban J connectivity index is 1.46. The summed E-state index contributed by atoms with van der Waals surface area (Å²) in [7, 11) is 0. The lowest BCUT2D eigenvalue weighted by Crippen LogP contribution is -2.14. The summed E-state index contributed by atoms with van der Waals surface area (Å²) in [4.78, 5) is 21.2. The van der Waals surface area contributed by atoms with Gasteiger partial charge in [-0.25, -0.2) is 9.97 Å². The molecule has 4 rings (SSSR count). The smallest absolute Gasteiger partial charge is 0.232 e. The van der Waals surface area contributed by atoms with Crippen molar-refractivity contribution in [1.82, 2.24) is 9.97 Å². The molecule has 25 heavy (non-hydrogen) atoms. The first-order chi connectivity index (χ1) is 12.2. The highest BCUT2D eigenvalue weighted by Gasteiger charge is 2.12. The summed E-state index contributed by atoms with van der Waals surface area (Å²) >= 11 is 8.92. The third kappa shape index (κ3) is 3.71. The number of fused-ring (bicyclic) bond motifs is 1. The molecule has 4 aromatic rings. The van der Waals surface area contributed by atoms with Crippen molar-refractivity contribution in [2.45, 2.75) is 6.42 Å². The van der Waals surface area contributed by atoms with Crippen LogP contribution in [0.5, 0.6) is 0 Å². The van der Waals surface area contributed by atoms with Gasteiger partial charge in [-0.1, -0.05) is 53.3 Å². The molecule has 2 aromatic heterocycles. The topological polar surface area (TPSA) is 54.9 Å². The van der Waals surface area contributed by atoms with Gasteiger partial charge in [-0.15, -0.1) is 11.3 Å². The summed E-state index contributed by atoms with van der Waals surface area (Å²) in [6, 6.07) is 15.4. The molecule has 0 unspecified atom stereocenters. The van der Waals surface area contributed by atoms with Crippen molar-refractivity contribution < 1.29 is 4.79 Å². The molecule has 0 aliphatic heterocycles. The van der Waals surface area contributed by atoms with E-state index in [9.17, 15) is 4.79 Å². The molecule has 0 fully saturated rings. The number of amides is 1. The summed E-state index contributed by atoms with van der Waals surface area (Å²) < 4.78 is 0.947. The van der Waals surface area contributed by atoms with Crippen molar-refractivity contribution in [2.24, 2.45) is 0 Å². The number of nitrogens with one attached hydrogen (secondary N) is 1. The van der Waals surface area contributed by atoms with Crippen LogP contribution >= 0.6 is 34.3 Å². The van der Waals surface area contributed by atoms with Gasteiger partial charge in [0.15, 0.2) is 5.13 Å². The average molecular weight is 386 g/mol. The highest BCUT2D eigenvalue weighted by Crippen LogP contribution is 2.28. The minimum atomic E-state index is -0.130. The van der Waals surface area contributed by atoms with Gasteiger partial charge in [0.25, 0.3) is 0 Å². The van der Waals surface area contributed by atoms with Gasteiger partial charge < -0.3 is 5.32 Å². The van der Waals surface area contributed by atoms with Crippen molar-refractivity contribution in [3.8, 4) is 10.6 Å².